The van der Waals surface area contributed by atoms with Crippen LogP contribution in [0.15, 0.2) is 24.3 Å². The molecule has 2 nitrogen and oxygen atoms in total. The predicted octanol–water partition coefficient (Wildman–Crippen LogP) is 3.19. The number of nitrogens with zero attached hydrogens (tertiary/aromatic N) is 1. The lowest BCUT2D eigenvalue weighted by atomic mass is 10.1. The number of carbonyl (C=O) groups is 1. The van der Waals surface area contributed by atoms with Crippen LogP contribution in [0.5, 0.6) is 0 Å². The van der Waals surface area contributed by atoms with Gasteiger partial charge in [-0.3, -0.25) is 0 Å². The van der Waals surface area contributed by atoms with Gasteiger partial charge in [0.15, 0.2) is 0 Å². The third-order valence-electron chi connectivity index (χ3n) is 2.80. The zero-order chi connectivity index (χ0) is 12.0. The fourth-order valence-corrected chi connectivity index (χ4v) is 1.84. The maximum atomic E-state index is 10.8. The molecule has 88 valence electrons. The topological polar surface area (TPSA) is 20.3 Å². The molecule has 0 aliphatic heterocycles. The number of anilines is 1. The first-order valence-electron chi connectivity index (χ1n) is 5.87. The van der Waals surface area contributed by atoms with E-state index in [4.69, 9.17) is 0 Å². The Balaban J connectivity index is 2.38. The monoisotopic (exact) mass is 219 g/mol. The largest absolute Gasteiger partial charge is 0.374 e. The second-order valence-electron chi connectivity index (χ2n) is 4.37. The van der Waals surface area contributed by atoms with E-state index in [2.05, 4.69) is 43.1 Å². The van der Waals surface area contributed by atoms with Crippen LogP contribution in [0.4, 0.5) is 5.69 Å². The molecule has 0 N–H and O–H groups in total. The normalized spacial score (nSPS) is 10.2. The molecule has 0 unspecified atom stereocenters. The third kappa shape index (κ3) is 4.05. The van der Waals surface area contributed by atoms with Gasteiger partial charge in [0.1, 0.15) is 5.78 Å². The van der Waals surface area contributed by atoms with Crippen LogP contribution < -0.4 is 4.90 Å². The minimum absolute atomic E-state index is 0.290. The highest BCUT2D eigenvalue weighted by Gasteiger charge is 2.03. The second-order valence-corrected chi connectivity index (χ2v) is 4.37. The van der Waals surface area contributed by atoms with Crippen molar-refractivity contribution in [2.24, 2.45) is 0 Å². The Morgan fingerprint density at radius 2 is 1.94 bits per heavy atom. The van der Waals surface area contributed by atoms with Crippen LogP contribution in [-0.2, 0) is 4.79 Å². The van der Waals surface area contributed by atoms with Crippen LogP contribution in [0.3, 0.4) is 0 Å². The number of ketones is 1. The van der Waals surface area contributed by atoms with Gasteiger partial charge in [0.05, 0.1) is 0 Å². The quantitative estimate of drug-likeness (QED) is 0.685. The van der Waals surface area contributed by atoms with E-state index in [9.17, 15) is 4.79 Å². The van der Waals surface area contributed by atoms with Crippen molar-refractivity contribution in [2.75, 3.05) is 18.5 Å². The standard InChI is InChI=1S/C14H21NO/c1-12-8-4-5-10-14(12)15(3)11-7-6-9-13(2)16/h4-5,8,10H,6-7,9,11H2,1-3H3. The highest BCUT2D eigenvalue weighted by molar-refractivity contribution is 5.75. The van der Waals surface area contributed by atoms with Crippen LogP contribution in [0.2, 0.25) is 0 Å². The Bertz CT molecular complexity index is 346. The Kier molecular flexibility index (Phi) is 5.03. The lowest BCUT2D eigenvalue weighted by Gasteiger charge is -2.21. The van der Waals surface area contributed by atoms with Crippen molar-refractivity contribution in [3.8, 4) is 0 Å². The molecule has 16 heavy (non-hydrogen) atoms. The number of aryl methyl sites for hydroxylation is 1. The molecule has 0 saturated heterocycles. The maximum Gasteiger partial charge on any atom is 0.129 e. The summed E-state index contributed by atoms with van der Waals surface area (Å²) in [5.41, 5.74) is 2.59. The van der Waals surface area contributed by atoms with Crippen LogP contribution >= 0.6 is 0 Å². The van der Waals surface area contributed by atoms with Crippen LogP contribution in [0.1, 0.15) is 31.7 Å². The van der Waals surface area contributed by atoms with Crippen LogP contribution in [0.25, 0.3) is 0 Å². The average Bonchev–Trinajstić information content (AvgIpc) is 2.24. The molecule has 0 amide bonds. The van der Waals surface area contributed by atoms with E-state index in [1.165, 1.54) is 11.3 Å². The van der Waals surface area contributed by atoms with E-state index in [1.54, 1.807) is 6.92 Å². The number of rotatable bonds is 6. The molecular formula is C14H21NO. The predicted molar refractivity (Wildman–Crippen MR) is 69.0 cm³/mol. The van der Waals surface area contributed by atoms with Gasteiger partial charge in [0.2, 0.25) is 0 Å². The molecule has 1 aromatic rings. The minimum Gasteiger partial charge on any atom is -0.374 e. The van der Waals surface area contributed by atoms with Gasteiger partial charge in [-0.05, 0) is 38.3 Å². The molecule has 0 aromatic heterocycles. The summed E-state index contributed by atoms with van der Waals surface area (Å²) in [5, 5.41) is 0. The molecule has 0 heterocycles. The van der Waals surface area contributed by atoms with Gasteiger partial charge in [-0.1, -0.05) is 18.2 Å². The fraction of sp³-hybridized carbons (Fsp3) is 0.500. The molecular weight excluding hydrogens is 198 g/mol. The van der Waals surface area contributed by atoms with E-state index < -0.39 is 0 Å². The Morgan fingerprint density at radius 3 is 2.56 bits per heavy atom. The van der Waals surface area contributed by atoms with Crippen molar-refractivity contribution in [1.82, 2.24) is 0 Å². The maximum absolute atomic E-state index is 10.8. The average molecular weight is 219 g/mol. The number of para-hydroxylation sites is 1. The fourth-order valence-electron chi connectivity index (χ4n) is 1.84. The zero-order valence-electron chi connectivity index (χ0n) is 10.5. The highest BCUT2D eigenvalue weighted by atomic mass is 16.1. The van der Waals surface area contributed by atoms with E-state index in [1.807, 2.05) is 0 Å². The molecule has 0 aliphatic carbocycles. The molecule has 0 fully saturated rings. The summed E-state index contributed by atoms with van der Waals surface area (Å²) in [6, 6.07) is 8.39. The summed E-state index contributed by atoms with van der Waals surface area (Å²) < 4.78 is 0. The minimum atomic E-state index is 0.290. The van der Waals surface area contributed by atoms with Gasteiger partial charge in [-0.15, -0.1) is 0 Å². The van der Waals surface area contributed by atoms with Crippen molar-refractivity contribution in [1.29, 1.82) is 0 Å². The van der Waals surface area contributed by atoms with Crippen LogP contribution in [0, 0.1) is 6.92 Å². The number of Topliss-reactive ketones (excluding diaryl/α,β-unsaturated/α-hetero) is 1. The summed E-state index contributed by atoms with van der Waals surface area (Å²) in [7, 11) is 2.11. The van der Waals surface area contributed by atoms with Gasteiger partial charge >= 0.3 is 0 Å². The summed E-state index contributed by atoms with van der Waals surface area (Å²) >= 11 is 0. The third-order valence-corrected chi connectivity index (χ3v) is 2.80. The van der Waals surface area contributed by atoms with Gasteiger partial charge < -0.3 is 9.69 Å². The van der Waals surface area contributed by atoms with E-state index in [0.29, 0.717) is 12.2 Å². The first-order valence-corrected chi connectivity index (χ1v) is 5.87. The van der Waals surface area contributed by atoms with E-state index >= 15 is 0 Å². The molecule has 1 aromatic carbocycles. The number of carbonyl (C=O) groups excluding carboxylic acids is 1. The first-order chi connectivity index (χ1) is 7.61. The highest BCUT2D eigenvalue weighted by Crippen LogP contribution is 2.18. The number of hydrogen-bond acceptors (Lipinski definition) is 2. The Labute approximate surface area is 98.3 Å². The van der Waals surface area contributed by atoms with E-state index in [-0.39, 0.29) is 0 Å². The summed E-state index contributed by atoms with van der Waals surface area (Å²) in [6.45, 7) is 4.80. The van der Waals surface area contributed by atoms with Crippen molar-refractivity contribution < 1.29 is 4.79 Å². The van der Waals surface area contributed by atoms with Crippen molar-refractivity contribution in [2.45, 2.75) is 33.1 Å². The van der Waals surface area contributed by atoms with E-state index in [0.717, 1.165) is 19.4 Å². The lowest BCUT2D eigenvalue weighted by molar-refractivity contribution is -0.117. The molecule has 0 spiro atoms. The molecule has 1 rings (SSSR count). The molecule has 2 heteroatoms. The van der Waals surface area contributed by atoms with Crippen molar-refractivity contribution >= 4 is 11.5 Å². The second kappa shape index (κ2) is 6.31. The summed E-state index contributed by atoms with van der Waals surface area (Å²) in [5.74, 6) is 0.290. The molecule has 0 bridgehead atoms. The number of hydrogen-bond donors (Lipinski definition) is 0. The van der Waals surface area contributed by atoms with Gasteiger partial charge in [0.25, 0.3) is 0 Å². The number of benzene rings is 1. The van der Waals surface area contributed by atoms with Gasteiger partial charge in [-0.25, -0.2) is 0 Å². The number of unbranched alkanes of at least 4 members (excludes halogenated alkanes) is 1. The van der Waals surface area contributed by atoms with Crippen molar-refractivity contribution in [3.63, 3.8) is 0 Å². The smallest absolute Gasteiger partial charge is 0.129 e. The van der Waals surface area contributed by atoms with Gasteiger partial charge in [0, 0.05) is 25.7 Å². The summed E-state index contributed by atoms with van der Waals surface area (Å²) in [4.78, 5) is 13.1. The van der Waals surface area contributed by atoms with Crippen LogP contribution in [-0.4, -0.2) is 19.4 Å². The molecule has 0 aliphatic rings. The molecule has 0 radical (unpaired) electrons. The van der Waals surface area contributed by atoms with Crippen molar-refractivity contribution in [3.05, 3.63) is 29.8 Å². The Hall–Kier alpha value is -1.31. The SMILES string of the molecule is CC(=O)CCCCN(C)c1ccccc1C. The Morgan fingerprint density at radius 1 is 1.25 bits per heavy atom. The van der Waals surface area contributed by atoms with Gasteiger partial charge in [-0.2, -0.15) is 0 Å². The lowest BCUT2D eigenvalue weighted by Crippen LogP contribution is -2.19. The molecule has 0 atom stereocenters. The first kappa shape index (κ1) is 12.8. The zero-order valence-corrected chi connectivity index (χ0v) is 10.5. The molecule has 0 saturated carbocycles. The summed E-state index contributed by atoms with van der Waals surface area (Å²) in [6.07, 6.45) is 2.78.